The molecule has 0 saturated carbocycles. The minimum Gasteiger partial charge on any atom is -0.361 e. The van der Waals surface area contributed by atoms with Crippen molar-refractivity contribution in [2.75, 3.05) is 11.9 Å². The van der Waals surface area contributed by atoms with Crippen LogP contribution in [-0.2, 0) is 9.59 Å². The number of hydrogen-bond acceptors (Lipinski definition) is 5. The Hall–Kier alpha value is -3.06. The molecule has 3 N–H and O–H groups in total. The van der Waals surface area contributed by atoms with Crippen molar-refractivity contribution in [3.8, 4) is 0 Å². The Morgan fingerprint density at radius 3 is 2.70 bits per heavy atom. The number of nitrogens with zero attached hydrogens (tertiary/aromatic N) is 2. The molecule has 0 aromatic heterocycles. The maximum atomic E-state index is 13.8. The predicted octanol–water partition coefficient (Wildman–Crippen LogP) is 1.47. The first-order valence-corrected chi connectivity index (χ1v) is 8.59. The van der Waals surface area contributed by atoms with Crippen LogP contribution in [0.5, 0.6) is 0 Å². The second-order valence-electron chi connectivity index (χ2n) is 6.48. The summed E-state index contributed by atoms with van der Waals surface area (Å²) >= 11 is 0. The lowest BCUT2D eigenvalue weighted by atomic mass is 10.00. The van der Waals surface area contributed by atoms with Gasteiger partial charge in [0.2, 0.25) is 5.91 Å². The van der Waals surface area contributed by atoms with Crippen LogP contribution in [0.15, 0.2) is 53.5 Å². The molecule has 3 atom stereocenters. The number of likely N-dealkylation sites (N-methyl/N-ethyl adjacent to an activating group) is 1. The summed E-state index contributed by atoms with van der Waals surface area (Å²) in [6.07, 6.45) is -0.127. The number of nitrogens with one attached hydrogen (secondary N) is 1. The first kappa shape index (κ1) is 18.7. The monoisotopic (exact) mass is 368 g/mol. The van der Waals surface area contributed by atoms with E-state index in [2.05, 4.69) is 10.3 Å². The van der Waals surface area contributed by atoms with E-state index >= 15 is 0 Å². The highest BCUT2D eigenvalue weighted by Crippen LogP contribution is 2.29. The van der Waals surface area contributed by atoms with E-state index in [1.54, 1.807) is 31.0 Å². The largest absolute Gasteiger partial charge is 0.361 e. The van der Waals surface area contributed by atoms with E-state index in [0.29, 0.717) is 11.3 Å². The molecule has 6 nitrogen and oxygen atoms in total. The maximum Gasteiger partial charge on any atom is 0.238 e. The summed E-state index contributed by atoms with van der Waals surface area (Å²) in [4.78, 5) is 30.4. The lowest BCUT2D eigenvalue weighted by Gasteiger charge is -2.29. The van der Waals surface area contributed by atoms with Gasteiger partial charge < -0.3 is 20.7 Å². The normalized spacial score (nSPS) is 20.1. The van der Waals surface area contributed by atoms with Gasteiger partial charge in [0.1, 0.15) is 24.3 Å². The predicted molar refractivity (Wildman–Crippen MR) is 102 cm³/mol. The van der Waals surface area contributed by atoms with Crippen molar-refractivity contribution in [2.45, 2.75) is 25.2 Å². The van der Waals surface area contributed by atoms with Crippen LogP contribution in [0.2, 0.25) is 0 Å². The fraction of sp³-hybridized carbons (Fsp3) is 0.250. The fourth-order valence-electron chi connectivity index (χ4n) is 3.07. The summed E-state index contributed by atoms with van der Waals surface area (Å²) in [6.45, 7) is 1.55. The molecule has 0 spiro atoms. The quantitative estimate of drug-likeness (QED) is 0.800. The van der Waals surface area contributed by atoms with Gasteiger partial charge in [0, 0.05) is 23.9 Å². The van der Waals surface area contributed by atoms with Crippen LogP contribution in [0, 0.1) is 5.82 Å². The third-order valence-corrected chi connectivity index (χ3v) is 4.52. The molecule has 1 aliphatic rings. The molecule has 0 saturated heterocycles. The Kier molecular flexibility index (Phi) is 5.32. The van der Waals surface area contributed by atoms with Crippen molar-refractivity contribution in [3.05, 3.63) is 65.5 Å². The van der Waals surface area contributed by atoms with Gasteiger partial charge in [-0.15, -0.1) is 0 Å². The van der Waals surface area contributed by atoms with Crippen LogP contribution in [0.4, 0.5) is 10.1 Å². The van der Waals surface area contributed by atoms with Gasteiger partial charge in [0.25, 0.3) is 0 Å². The van der Waals surface area contributed by atoms with Crippen molar-refractivity contribution >= 4 is 23.6 Å². The Morgan fingerprint density at radius 2 is 2.04 bits per heavy atom. The van der Waals surface area contributed by atoms with E-state index in [-0.39, 0.29) is 0 Å². The molecule has 1 aliphatic heterocycles. The highest BCUT2D eigenvalue weighted by molar-refractivity contribution is 6.16. The molecule has 27 heavy (non-hydrogen) atoms. The molecule has 2 unspecified atom stereocenters. The number of benzene rings is 2. The number of hydrogen-bond donors (Lipinski definition) is 2. The van der Waals surface area contributed by atoms with E-state index in [1.165, 1.54) is 12.1 Å². The Labute approximate surface area is 156 Å². The Balaban J connectivity index is 2.19. The zero-order valence-corrected chi connectivity index (χ0v) is 15.1. The Bertz CT molecular complexity index is 897. The number of halogens is 1. The number of aldehydes is 1. The number of amides is 1. The number of fused-ring (bicyclic) bond motifs is 1. The van der Waals surface area contributed by atoms with Gasteiger partial charge >= 0.3 is 0 Å². The summed E-state index contributed by atoms with van der Waals surface area (Å²) in [5, 5.41) is 2.72. The number of carbonyl (C=O) groups excluding carboxylic acids is 2. The summed E-state index contributed by atoms with van der Waals surface area (Å²) in [5.41, 5.74) is 8.21. The van der Waals surface area contributed by atoms with Crippen LogP contribution >= 0.6 is 0 Å². The smallest absolute Gasteiger partial charge is 0.238 e. The third-order valence-electron chi connectivity index (χ3n) is 4.52. The number of benzodiazepines with no additional fused rings is 1. The van der Waals surface area contributed by atoms with Crippen LogP contribution in [-0.4, -0.2) is 43.2 Å². The zero-order valence-electron chi connectivity index (χ0n) is 15.1. The SMILES string of the molecule is C[C@H](N)C(=O)NC1N=C(c2cccc(F)c2)c2ccccc2N(C)C1C=O. The lowest BCUT2D eigenvalue weighted by molar-refractivity contribution is -0.122. The van der Waals surface area contributed by atoms with Crippen LogP contribution < -0.4 is 16.0 Å². The van der Waals surface area contributed by atoms with Crippen molar-refractivity contribution in [1.29, 1.82) is 0 Å². The van der Waals surface area contributed by atoms with Gasteiger partial charge in [-0.1, -0.05) is 30.3 Å². The minimum absolute atomic E-state index is 0.395. The van der Waals surface area contributed by atoms with Crippen molar-refractivity contribution in [2.24, 2.45) is 10.7 Å². The summed E-state index contributed by atoms with van der Waals surface area (Å²) in [7, 11) is 1.76. The molecule has 0 fully saturated rings. The van der Waals surface area contributed by atoms with Gasteiger partial charge in [-0.2, -0.15) is 0 Å². The van der Waals surface area contributed by atoms with Gasteiger partial charge in [-0.05, 0) is 25.1 Å². The molecule has 2 aromatic rings. The van der Waals surface area contributed by atoms with Gasteiger partial charge in [0.05, 0.1) is 11.8 Å². The molecule has 3 rings (SSSR count). The van der Waals surface area contributed by atoms with Crippen molar-refractivity contribution in [3.63, 3.8) is 0 Å². The molecular formula is C20H21FN4O2. The van der Waals surface area contributed by atoms with Crippen LogP contribution in [0.1, 0.15) is 18.1 Å². The van der Waals surface area contributed by atoms with E-state index in [0.717, 1.165) is 17.5 Å². The number of nitrogens with two attached hydrogens (primary N) is 1. The number of carbonyl (C=O) groups is 2. The molecule has 140 valence electrons. The molecule has 1 heterocycles. The highest BCUT2D eigenvalue weighted by Gasteiger charge is 2.32. The number of anilines is 1. The highest BCUT2D eigenvalue weighted by atomic mass is 19.1. The second kappa shape index (κ2) is 7.67. The number of aliphatic imine (C=N–C) groups is 1. The number of para-hydroxylation sites is 1. The lowest BCUT2D eigenvalue weighted by Crippen LogP contribution is -2.53. The molecular weight excluding hydrogens is 347 g/mol. The second-order valence-corrected chi connectivity index (χ2v) is 6.48. The van der Waals surface area contributed by atoms with E-state index in [4.69, 9.17) is 5.73 Å². The van der Waals surface area contributed by atoms with Gasteiger partial charge in [-0.3, -0.25) is 9.79 Å². The first-order chi connectivity index (χ1) is 12.9. The van der Waals surface area contributed by atoms with Crippen LogP contribution in [0.25, 0.3) is 0 Å². The van der Waals surface area contributed by atoms with Gasteiger partial charge in [0.15, 0.2) is 0 Å². The Morgan fingerprint density at radius 1 is 1.30 bits per heavy atom. The van der Waals surface area contributed by atoms with Crippen molar-refractivity contribution < 1.29 is 14.0 Å². The van der Waals surface area contributed by atoms with Crippen LogP contribution in [0.3, 0.4) is 0 Å². The molecule has 7 heteroatoms. The third kappa shape index (κ3) is 3.73. The molecule has 0 aliphatic carbocycles. The first-order valence-electron chi connectivity index (χ1n) is 8.59. The standard InChI is InChI=1S/C20H21FN4O2/c1-12(22)20(27)24-19-17(11-26)25(2)16-9-4-3-8-15(16)18(23-19)13-6-5-7-14(21)10-13/h3-12,17,19H,22H2,1-2H3,(H,24,27)/t12-,17?,19?/m0/s1. The summed E-state index contributed by atoms with van der Waals surface area (Å²) in [5.74, 6) is -0.818. The van der Waals surface area contributed by atoms with E-state index in [1.807, 2.05) is 24.3 Å². The molecule has 0 radical (unpaired) electrons. The summed E-state index contributed by atoms with van der Waals surface area (Å²) < 4.78 is 13.8. The average Bonchev–Trinajstić information content (AvgIpc) is 2.76. The fourth-order valence-corrected chi connectivity index (χ4v) is 3.07. The molecule has 1 amide bonds. The van der Waals surface area contributed by atoms with Crippen molar-refractivity contribution in [1.82, 2.24) is 5.32 Å². The minimum atomic E-state index is -0.864. The zero-order chi connectivity index (χ0) is 19.6. The topological polar surface area (TPSA) is 87.8 Å². The van der Waals surface area contributed by atoms with Gasteiger partial charge in [-0.25, -0.2) is 4.39 Å². The van der Waals surface area contributed by atoms with E-state index < -0.39 is 30.0 Å². The number of rotatable bonds is 4. The molecule has 2 aromatic carbocycles. The van der Waals surface area contributed by atoms with E-state index in [9.17, 15) is 14.0 Å². The summed E-state index contributed by atoms with van der Waals surface area (Å²) in [6, 6.07) is 12.0. The maximum absolute atomic E-state index is 13.8. The average molecular weight is 368 g/mol. The molecule has 0 bridgehead atoms.